The summed E-state index contributed by atoms with van der Waals surface area (Å²) in [5.41, 5.74) is 1.66. The predicted molar refractivity (Wildman–Crippen MR) is 120 cm³/mol. The van der Waals surface area contributed by atoms with Gasteiger partial charge in [-0.25, -0.2) is 0 Å². The molecule has 1 heterocycles. The van der Waals surface area contributed by atoms with Crippen molar-refractivity contribution in [3.05, 3.63) is 35.4 Å². The van der Waals surface area contributed by atoms with E-state index in [2.05, 4.69) is 36.6 Å². The van der Waals surface area contributed by atoms with Crippen LogP contribution in [0, 0.1) is 5.41 Å². The first-order valence-corrected chi connectivity index (χ1v) is 11.0. The Balaban J connectivity index is 2.16. The van der Waals surface area contributed by atoms with Crippen molar-refractivity contribution in [1.29, 1.82) is 0 Å². The van der Waals surface area contributed by atoms with Crippen LogP contribution in [0.1, 0.15) is 78.0 Å². The maximum Gasteiger partial charge on any atom is 0.246 e. The number of likely N-dealkylation sites (tertiary alicyclic amines) is 1. The zero-order valence-electron chi connectivity index (χ0n) is 19.7. The maximum atomic E-state index is 13.3. The van der Waals surface area contributed by atoms with Crippen LogP contribution < -0.4 is 10.6 Å². The van der Waals surface area contributed by atoms with Crippen LogP contribution in [0.4, 0.5) is 0 Å². The van der Waals surface area contributed by atoms with Crippen molar-refractivity contribution in [2.75, 3.05) is 6.54 Å². The SMILES string of the molecule is CC(=O)N[C@H](C(=O)N1CC(O)CC1C(=O)N[C@@H](C)c1ccc(C(C)C)cc1)C(C)(C)C. The summed E-state index contributed by atoms with van der Waals surface area (Å²) in [7, 11) is 0. The molecule has 3 amide bonds. The average molecular weight is 432 g/mol. The van der Waals surface area contributed by atoms with Crippen LogP contribution in [0.2, 0.25) is 0 Å². The topological polar surface area (TPSA) is 98.7 Å². The predicted octanol–water partition coefficient (Wildman–Crippen LogP) is 2.50. The molecule has 1 saturated heterocycles. The van der Waals surface area contributed by atoms with Gasteiger partial charge in [0.15, 0.2) is 0 Å². The van der Waals surface area contributed by atoms with Crippen molar-refractivity contribution in [1.82, 2.24) is 15.5 Å². The molecule has 0 saturated carbocycles. The normalized spacial score (nSPS) is 21.0. The second kappa shape index (κ2) is 9.81. The summed E-state index contributed by atoms with van der Waals surface area (Å²) >= 11 is 0. The third kappa shape index (κ3) is 6.29. The molecule has 1 fully saturated rings. The van der Waals surface area contributed by atoms with E-state index < -0.39 is 23.6 Å². The van der Waals surface area contributed by atoms with Crippen LogP contribution in [0.3, 0.4) is 0 Å². The van der Waals surface area contributed by atoms with Gasteiger partial charge >= 0.3 is 0 Å². The second-order valence-electron chi connectivity index (χ2n) is 9.95. The monoisotopic (exact) mass is 431 g/mol. The first kappa shape index (κ1) is 24.9. The molecular weight excluding hydrogens is 394 g/mol. The first-order chi connectivity index (χ1) is 14.3. The van der Waals surface area contributed by atoms with Crippen LogP contribution in [0.5, 0.6) is 0 Å². The molecule has 2 rings (SSSR count). The molecule has 3 N–H and O–H groups in total. The number of nitrogens with zero attached hydrogens (tertiary/aromatic N) is 1. The lowest BCUT2D eigenvalue weighted by Crippen LogP contribution is -2.57. The fourth-order valence-electron chi connectivity index (χ4n) is 3.89. The van der Waals surface area contributed by atoms with Gasteiger partial charge in [-0.15, -0.1) is 0 Å². The number of carbonyl (C=O) groups excluding carboxylic acids is 3. The molecule has 0 aliphatic carbocycles. The molecule has 172 valence electrons. The number of benzene rings is 1. The fourth-order valence-corrected chi connectivity index (χ4v) is 3.89. The van der Waals surface area contributed by atoms with Gasteiger partial charge in [0.2, 0.25) is 17.7 Å². The van der Waals surface area contributed by atoms with Gasteiger partial charge in [0.1, 0.15) is 12.1 Å². The van der Waals surface area contributed by atoms with E-state index in [-0.39, 0.29) is 36.7 Å². The molecule has 0 aromatic heterocycles. The van der Waals surface area contributed by atoms with E-state index in [1.807, 2.05) is 39.8 Å². The number of aliphatic hydroxyl groups excluding tert-OH is 1. The van der Waals surface area contributed by atoms with E-state index in [1.165, 1.54) is 17.4 Å². The third-order valence-electron chi connectivity index (χ3n) is 5.79. The molecule has 0 radical (unpaired) electrons. The van der Waals surface area contributed by atoms with Crippen LogP contribution in [0.25, 0.3) is 0 Å². The lowest BCUT2D eigenvalue weighted by Gasteiger charge is -2.35. The molecular formula is C24H37N3O4. The molecule has 7 nitrogen and oxygen atoms in total. The van der Waals surface area contributed by atoms with Crippen molar-refractivity contribution in [2.45, 2.75) is 85.0 Å². The number of hydrogen-bond acceptors (Lipinski definition) is 4. The summed E-state index contributed by atoms with van der Waals surface area (Å²) in [6.07, 6.45) is -0.605. The summed E-state index contributed by atoms with van der Waals surface area (Å²) in [4.78, 5) is 39.4. The number of hydrogen-bond donors (Lipinski definition) is 3. The Labute approximate surface area is 185 Å². The summed E-state index contributed by atoms with van der Waals surface area (Å²) in [5.74, 6) is -0.542. The minimum Gasteiger partial charge on any atom is -0.391 e. The van der Waals surface area contributed by atoms with Gasteiger partial charge in [-0.1, -0.05) is 58.9 Å². The molecule has 0 bridgehead atoms. The van der Waals surface area contributed by atoms with Crippen molar-refractivity contribution in [3.8, 4) is 0 Å². The Bertz CT molecular complexity index is 798. The number of carbonyl (C=O) groups is 3. The average Bonchev–Trinajstić information content (AvgIpc) is 3.06. The lowest BCUT2D eigenvalue weighted by molar-refractivity contribution is -0.144. The molecule has 4 atom stereocenters. The molecule has 1 aromatic carbocycles. The van der Waals surface area contributed by atoms with Gasteiger partial charge < -0.3 is 20.6 Å². The number of aliphatic hydroxyl groups is 1. The molecule has 0 spiro atoms. The number of rotatable bonds is 6. The summed E-state index contributed by atoms with van der Waals surface area (Å²) in [5, 5.41) is 15.9. The Kier molecular flexibility index (Phi) is 7.87. The van der Waals surface area contributed by atoms with Gasteiger partial charge in [0.25, 0.3) is 0 Å². The van der Waals surface area contributed by atoms with E-state index in [9.17, 15) is 19.5 Å². The van der Waals surface area contributed by atoms with Crippen molar-refractivity contribution in [3.63, 3.8) is 0 Å². The van der Waals surface area contributed by atoms with Gasteiger partial charge in [0, 0.05) is 19.9 Å². The van der Waals surface area contributed by atoms with Crippen molar-refractivity contribution < 1.29 is 19.5 Å². The molecule has 31 heavy (non-hydrogen) atoms. The standard InChI is InChI=1S/C24H37N3O4/c1-14(2)17-8-10-18(11-9-17)15(3)25-22(30)20-12-19(29)13-27(20)23(31)21(24(5,6)7)26-16(4)28/h8-11,14-15,19-21,29H,12-13H2,1-7H3,(H,25,30)(H,26,28)/t15-,19?,20?,21+/m0/s1. The molecule has 1 aliphatic heterocycles. The third-order valence-corrected chi connectivity index (χ3v) is 5.79. The summed E-state index contributed by atoms with van der Waals surface area (Å²) < 4.78 is 0. The first-order valence-electron chi connectivity index (χ1n) is 11.0. The van der Waals surface area contributed by atoms with Crippen LogP contribution >= 0.6 is 0 Å². The van der Waals surface area contributed by atoms with Gasteiger partial charge in [-0.2, -0.15) is 0 Å². The summed E-state index contributed by atoms with van der Waals surface area (Å²) in [6.45, 7) is 13.2. The van der Waals surface area contributed by atoms with E-state index in [4.69, 9.17) is 0 Å². The zero-order chi connectivity index (χ0) is 23.5. The largest absolute Gasteiger partial charge is 0.391 e. The maximum absolute atomic E-state index is 13.3. The van der Waals surface area contributed by atoms with Crippen LogP contribution in [-0.4, -0.2) is 52.5 Å². The van der Waals surface area contributed by atoms with Gasteiger partial charge in [-0.3, -0.25) is 14.4 Å². The number of β-amino-alcohol motifs (C(OH)–C–C–N with tert-alkyl or cyclic N) is 1. The fraction of sp³-hybridized carbons (Fsp3) is 0.625. The van der Waals surface area contributed by atoms with E-state index >= 15 is 0 Å². The Morgan fingerprint density at radius 1 is 1.03 bits per heavy atom. The Morgan fingerprint density at radius 3 is 2.06 bits per heavy atom. The van der Waals surface area contributed by atoms with Gasteiger partial charge in [0.05, 0.1) is 12.1 Å². The number of nitrogens with one attached hydrogen (secondary N) is 2. The highest BCUT2D eigenvalue weighted by molar-refractivity contribution is 5.93. The molecule has 1 aromatic rings. The molecule has 1 aliphatic rings. The second-order valence-corrected chi connectivity index (χ2v) is 9.95. The minimum absolute atomic E-state index is 0.0700. The van der Waals surface area contributed by atoms with E-state index in [1.54, 1.807) is 0 Å². The van der Waals surface area contributed by atoms with Crippen LogP contribution in [0.15, 0.2) is 24.3 Å². The summed E-state index contributed by atoms with van der Waals surface area (Å²) in [6, 6.07) is 6.30. The molecule has 7 heteroatoms. The highest BCUT2D eigenvalue weighted by atomic mass is 16.3. The zero-order valence-corrected chi connectivity index (χ0v) is 19.7. The minimum atomic E-state index is -0.786. The highest BCUT2D eigenvalue weighted by Gasteiger charge is 2.44. The quantitative estimate of drug-likeness (QED) is 0.644. The van der Waals surface area contributed by atoms with Crippen molar-refractivity contribution in [2.24, 2.45) is 5.41 Å². The van der Waals surface area contributed by atoms with Crippen molar-refractivity contribution >= 4 is 17.7 Å². The Morgan fingerprint density at radius 2 is 1.58 bits per heavy atom. The van der Waals surface area contributed by atoms with E-state index in [0.717, 1.165) is 5.56 Å². The smallest absolute Gasteiger partial charge is 0.246 e. The lowest BCUT2D eigenvalue weighted by atomic mass is 9.85. The van der Waals surface area contributed by atoms with Gasteiger partial charge in [-0.05, 0) is 29.4 Å². The van der Waals surface area contributed by atoms with Crippen LogP contribution in [-0.2, 0) is 14.4 Å². The highest BCUT2D eigenvalue weighted by Crippen LogP contribution is 2.27. The molecule has 2 unspecified atom stereocenters. The number of amides is 3. The Hall–Kier alpha value is -2.41. The van der Waals surface area contributed by atoms with E-state index in [0.29, 0.717) is 5.92 Å².